The molecule has 3 heterocycles. The minimum Gasteiger partial charge on any atom is -0.467 e. The first-order valence-corrected chi connectivity index (χ1v) is 14.5. The van der Waals surface area contributed by atoms with Crippen molar-refractivity contribution < 1.29 is 17.6 Å². The molecule has 188 valence electrons. The van der Waals surface area contributed by atoms with Crippen LogP contribution in [0.1, 0.15) is 31.1 Å². The van der Waals surface area contributed by atoms with Crippen LogP contribution in [0.3, 0.4) is 0 Å². The quantitative estimate of drug-likeness (QED) is 0.297. The van der Waals surface area contributed by atoms with Crippen molar-refractivity contribution >= 4 is 54.2 Å². The second kappa shape index (κ2) is 10.3. The molecule has 10 heteroatoms. The summed E-state index contributed by atoms with van der Waals surface area (Å²) < 4.78 is 34.1. The van der Waals surface area contributed by atoms with E-state index in [-0.39, 0.29) is 36.4 Å². The molecule has 4 aromatic rings. The van der Waals surface area contributed by atoms with E-state index in [1.807, 2.05) is 12.1 Å². The minimum atomic E-state index is -3.64. The Morgan fingerprint density at radius 2 is 1.92 bits per heavy atom. The fourth-order valence-electron chi connectivity index (χ4n) is 4.41. The molecular weight excluding hydrogens is 518 g/mol. The number of aryl methyl sites for hydroxylation is 1. The highest BCUT2D eigenvalue weighted by Gasteiger charge is 2.35. The molecule has 0 radical (unpaired) electrons. The number of rotatable bonds is 7. The third kappa shape index (κ3) is 5.06. The molecule has 0 aliphatic carbocycles. The van der Waals surface area contributed by atoms with Gasteiger partial charge in [0.25, 0.3) is 0 Å². The number of sulfonamides is 1. The number of benzene rings is 2. The number of thiazole rings is 1. The zero-order chi connectivity index (χ0) is 25.3. The summed E-state index contributed by atoms with van der Waals surface area (Å²) in [5.41, 5.74) is 2.07. The Morgan fingerprint density at radius 1 is 1.17 bits per heavy atom. The third-order valence-corrected chi connectivity index (χ3v) is 9.70. The highest BCUT2D eigenvalue weighted by Crippen LogP contribution is 2.33. The van der Waals surface area contributed by atoms with Gasteiger partial charge in [0.15, 0.2) is 5.13 Å². The number of amides is 1. The second-order valence-electron chi connectivity index (χ2n) is 8.79. The number of piperidine rings is 1. The maximum atomic E-state index is 13.8. The molecule has 1 aliphatic rings. The van der Waals surface area contributed by atoms with E-state index in [9.17, 15) is 13.2 Å². The van der Waals surface area contributed by atoms with Crippen LogP contribution in [0.15, 0.2) is 70.2 Å². The van der Waals surface area contributed by atoms with Gasteiger partial charge in [-0.05, 0) is 73.4 Å². The van der Waals surface area contributed by atoms with Crippen LogP contribution in [0, 0.1) is 5.92 Å². The van der Waals surface area contributed by atoms with Crippen LogP contribution in [-0.4, -0.2) is 36.7 Å². The molecule has 0 saturated carbocycles. The van der Waals surface area contributed by atoms with Gasteiger partial charge >= 0.3 is 0 Å². The van der Waals surface area contributed by atoms with E-state index in [4.69, 9.17) is 21.0 Å². The normalized spacial score (nSPS) is 15.4. The van der Waals surface area contributed by atoms with Crippen LogP contribution in [-0.2, 0) is 27.8 Å². The fourth-order valence-corrected chi connectivity index (χ4v) is 7.04. The smallest absolute Gasteiger partial charge is 0.243 e. The lowest BCUT2D eigenvalue weighted by Crippen LogP contribution is -2.44. The van der Waals surface area contributed by atoms with Gasteiger partial charge in [0, 0.05) is 24.0 Å². The van der Waals surface area contributed by atoms with Crippen molar-refractivity contribution in [2.24, 2.45) is 5.92 Å². The number of furan rings is 1. The van der Waals surface area contributed by atoms with E-state index in [0.29, 0.717) is 28.8 Å². The summed E-state index contributed by atoms with van der Waals surface area (Å²) >= 11 is 7.40. The summed E-state index contributed by atoms with van der Waals surface area (Å²) in [6.45, 7) is 2.93. The van der Waals surface area contributed by atoms with Crippen LogP contribution in [0.4, 0.5) is 5.13 Å². The molecule has 0 spiro atoms. The van der Waals surface area contributed by atoms with E-state index in [2.05, 4.69) is 19.1 Å². The molecule has 0 unspecified atom stereocenters. The zero-order valence-corrected chi connectivity index (χ0v) is 22.2. The summed E-state index contributed by atoms with van der Waals surface area (Å²) in [5, 5.41) is 1.10. The Kier molecular flexibility index (Phi) is 7.16. The lowest BCUT2D eigenvalue weighted by Gasteiger charge is -2.32. The Bertz CT molecular complexity index is 1460. The monoisotopic (exact) mass is 543 g/mol. The van der Waals surface area contributed by atoms with Crippen LogP contribution >= 0.6 is 22.9 Å². The van der Waals surface area contributed by atoms with Crippen molar-refractivity contribution in [3.63, 3.8) is 0 Å². The number of halogens is 1. The molecule has 0 atom stereocenters. The summed E-state index contributed by atoms with van der Waals surface area (Å²) in [6, 6.07) is 16.0. The summed E-state index contributed by atoms with van der Waals surface area (Å²) in [4.78, 5) is 20.4. The van der Waals surface area contributed by atoms with Gasteiger partial charge in [0.05, 0.1) is 27.9 Å². The second-order valence-corrected chi connectivity index (χ2v) is 12.2. The van der Waals surface area contributed by atoms with Gasteiger partial charge in [-0.1, -0.05) is 35.9 Å². The van der Waals surface area contributed by atoms with E-state index in [1.54, 1.807) is 29.4 Å². The van der Waals surface area contributed by atoms with Gasteiger partial charge in [-0.3, -0.25) is 9.69 Å². The van der Waals surface area contributed by atoms with Gasteiger partial charge in [-0.25, -0.2) is 13.4 Å². The van der Waals surface area contributed by atoms with Crippen LogP contribution in [0.2, 0.25) is 5.02 Å². The van der Waals surface area contributed by atoms with Crippen molar-refractivity contribution in [1.29, 1.82) is 0 Å². The SMILES string of the molecule is CCc1ccc2nc(N(Cc3ccco3)C(=O)C3CCN(S(=O)(=O)c4ccc(Cl)cc4)CC3)sc2c1. The first kappa shape index (κ1) is 25.0. The van der Waals surface area contributed by atoms with E-state index in [1.165, 1.54) is 33.3 Å². The number of aromatic nitrogens is 1. The molecule has 1 fully saturated rings. The molecular formula is C26H26ClN3O4S2. The lowest BCUT2D eigenvalue weighted by molar-refractivity contribution is -0.123. The predicted molar refractivity (Wildman–Crippen MR) is 142 cm³/mol. The van der Waals surface area contributed by atoms with Crippen LogP contribution in [0.25, 0.3) is 10.2 Å². The minimum absolute atomic E-state index is 0.0651. The van der Waals surface area contributed by atoms with Crippen molar-refractivity contribution in [2.75, 3.05) is 18.0 Å². The van der Waals surface area contributed by atoms with Gasteiger partial charge in [-0.15, -0.1) is 0 Å². The van der Waals surface area contributed by atoms with Gasteiger partial charge in [0.2, 0.25) is 15.9 Å². The first-order chi connectivity index (χ1) is 17.3. The molecule has 1 saturated heterocycles. The van der Waals surface area contributed by atoms with E-state index < -0.39 is 10.0 Å². The average Bonchev–Trinajstić information content (AvgIpc) is 3.56. The number of fused-ring (bicyclic) bond motifs is 1. The molecule has 2 aromatic heterocycles. The summed E-state index contributed by atoms with van der Waals surface area (Å²) in [7, 11) is -3.64. The Morgan fingerprint density at radius 3 is 2.58 bits per heavy atom. The molecule has 36 heavy (non-hydrogen) atoms. The Balaban J connectivity index is 1.36. The topological polar surface area (TPSA) is 83.7 Å². The third-order valence-electron chi connectivity index (χ3n) is 6.50. The van der Waals surface area contributed by atoms with Gasteiger partial charge in [-0.2, -0.15) is 4.31 Å². The zero-order valence-electron chi connectivity index (χ0n) is 19.8. The first-order valence-electron chi connectivity index (χ1n) is 11.8. The van der Waals surface area contributed by atoms with Gasteiger partial charge in [0.1, 0.15) is 5.76 Å². The van der Waals surface area contributed by atoms with Crippen molar-refractivity contribution in [2.45, 2.75) is 37.6 Å². The predicted octanol–water partition coefficient (Wildman–Crippen LogP) is 5.74. The number of hydrogen-bond acceptors (Lipinski definition) is 6. The maximum absolute atomic E-state index is 13.8. The van der Waals surface area contributed by atoms with Gasteiger partial charge < -0.3 is 4.42 Å². The van der Waals surface area contributed by atoms with Crippen LogP contribution < -0.4 is 4.90 Å². The molecule has 0 bridgehead atoms. The standard InChI is InChI=1S/C26H26ClN3O4S2/c1-2-18-5-10-23-24(16-18)35-26(28-23)30(17-21-4-3-15-34-21)25(31)19-11-13-29(14-12-19)36(32,33)22-8-6-20(27)7-9-22/h3-10,15-16,19H,2,11-14,17H2,1H3. The Hall–Kier alpha value is -2.72. The number of hydrogen-bond donors (Lipinski definition) is 0. The summed E-state index contributed by atoms with van der Waals surface area (Å²) in [6.07, 6.45) is 3.38. The summed E-state index contributed by atoms with van der Waals surface area (Å²) in [5.74, 6) is 0.291. The molecule has 1 aliphatic heterocycles. The molecule has 5 rings (SSSR count). The van der Waals surface area contributed by atoms with E-state index in [0.717, 1.165) is 16.6 Å². The number of anilines is 1. The van der Waals surface area contributed by atoms with Crippen molar-refractivity contribution in [3.8, 4) is 0 Å². The largest absolute Gasteiger partial charge is 0.467 e. The molecule has 2 aromatic carbocycles. The van der Waals surface area contributed by atoms with E-state index >= 15 is 0 Å². The number of nitrogens with zero attached hydrogens (tertiary/aromatic N) is 3. The average molecular weight is 544 g/mol. The molecule has 0 N–H and O–H groups in total. The Labute approximate surface area is 219 Å². The highest BCUT2D eigenvalue weighted by molar-refractivity contribution is 7.89. The van der Waals surface area contributed by atoms with Crippen molar-refractivity contribution in [1.82, 2.24) is 9.29 Å². The number of carbonyl (C=O) groups excluding carboxylic acids is 1. The number of carbonyl (C=O) groups is 1. The maximum Gasteiger partial charge on any atom is 0.243 e. The highest BCUT2D eigenvalue weighted by atomic mass is 35.5. The lowest BCUT2D eigenvalue weighted by atomic mass is 9.96. The van der Waals surface area contributed by atoms with Crippen molar-refractivity contribution in [3.05, 3.63) is 77.2 Å². The molecule has 1 amide bonds. The molecule has 7 nitrogen and oxygen atoms in total. The fraction of sp³-hybridized carbons (Fsp3) is 0.308. The van der Waals surface area contributed by atoms with Crippen LogP contribution in [0.5, 0.6) is 0 Å².